The molecule has 1 saturated heterocycles. The normalized spacial score (nSPS) is 22.0. The highest BCUT2D eigenvalue weighted by atomic mass is 16.3. The van der Waals surface area contributed by atoms with Gasteiger partial charge in [0.05, 0.1) is 17.8 Å². The van der Waals surface area contributed by atoms with Crippen molar-refractivity contribution in [3.8, 4) is 0 Å². The van der Waals surface area contributed by atoms with E-state index >= 15 is 0 Å². The Balaban J connectivity index is 1.59. The fourth-order valence-electron chi connectivity index (χ4n) is 4.21. The van der Waals surface area contributed by atoms with E-state index < -0.39 is 0 Å². The van der Waals surface area contributed by atoms with Crippen LogP contribution < -0.4 is 10.2 Å². The van der Waals surface area contributed by atoms with E-state index in [-0.39, 0.29) is 23.5 Å². The SMILES string of the molecule is Cn1nccc1C(=O)NC1CC(C)(C)Cc2nc(N3CCC(O)CC3)ncc21. The molecule has 0 spiro atoms. The van der Waals surface area contributed by atoms with E-state index in [4.69, 9.17) is 4.98 Å². The lowest BCUT2D eigenvalue weighted by atomic mass is 9.74. The summed E-state index contributed by atoms with van der Waals surface area (Å²) >= 11 is 0. The molecule has 4 rings (SSSR count). The van der Waals surface area contributed by atoms with Crippen molar-refractivity contribution in [1.29, 1.82) is 0 Å². The minimum Gasteiger partial charge on any atom is -0.393 e. The number of rotatable bonds is 3. The minimum absolute atomic E-state index is 0.0289. The Morgan fingerprint density at radius 2 is 2.07 bits per heavy atom. The van der Waals surface area contributed by atoms with Gasteiger partial charge in [-0.05, 0) is 37.2 Å². The quantitative estimate of drug-likeness (QED) is 0.835. The summed E-state index contributed by atoms with van der Waals surface area (Å²) in [6, 6.07) is 1.59. The van der Waals surface area contributed by atoms with E-state index in [1.807, 2.05) is 6.20 Å². The van der Waals surface area contributed by atoms with Gasteiger partial charge in [-0.25, -0.2) is 9.97 Å². The van der Waals surface area contributed by atoms with Gasteiger partial charge in [-0.1, -0.05) is 13.8 Å². The number of carbonyl (C=O) groups is 1. The molecule has 8 heteroatoms. The minimum atomic E-state index is -0.223. The number of nitrogens with zero attached hydrogens (tertiary/aromatic N) is 5. The number of aromatic nitrogens is 4. The second-order valence-corrected chi connectivity index (χ2v) is 8.70. The van der Waals surface area contributed by atoms with E-state index in [9.17, 15) is 9.90 Å². The maximum absolute atomic E-state index is 12.7. The Kier molecular flexibility index (Phi) is 4.82. The summed E-state index contributed by atoms with van der Waals surface area (Å²) in [4.78, 5) is 24.3. The second-order valence-electron chi connectivity index (χ2n) is 8.70. The van der Waals surface area contributed by atoms with Crippen LogP contribution in [0.4, 0.5) is 5.95 Å². The van der Waals surface area contributed by atoms with Crippen LogP contribution in [0.5, 0.6) is 0 Å². The predicted octanol–water partition coefficient (Wildman–Crippen LogP) is 1.61. The Labute approximate surface area is 165 Å². The number of piperidine rings is 1. The lowest BCUT2D eigenvalue weighted by Crippen LogP contribution is -2.39. The molecule has 1 aliphatic carbocycles. The first-order valence-corrected chi connectivity index (χ1v) is 9.90. The van der Waals surface area contributed by atoms with Gasteiger partial charge in [0.1, 0.15) is 5.69 Å². The fraction of sp³-hybridized carbons (Fsp3) is 0.600. The van der Waals surface area contributed by atoms with Crippen LogP contribution in [0.2, 0.25) is 0 Å². The van der Waals surface area contributed by atoms with Crippen LogP contribution in [0.1, 0.15) is 60.9 Å². The van der Waals surface area contributed by atoms with E-state index in [2.05, 4.69) is 34.1 Å². The molecule has 0 aromatic carbocycles. The Hall–Kier alpha value is -2.48. The topological polar surface area (TPSA) is 96.2 Å². The molecule has 1 amide bonds. The van der Waals surface area contributed by atoms with E-state index in [0.717, 1.165) is 56.0 Å². The third-order valence-electron chi connectivity index (χ3n) is 5.77. The molecule has 2 N–H and O–H groups in total. The number of aliphatic hydroxyl groups excluding tert-OH is 1. The van der Waals surface area contributed by atoms with Crippen molar-refractivity contribution < 1.29 is 9.90 Å². The molecule has 1 atom stereocenters. The van der Waals surface area contributed by atoms with Gasteiger partial charge in [0, 0.05) is 38.1 Å². The molecule has 28 heavy (non-hydrogen) atoms. The third kappa shape index (κ3) is 3.73. The number of aliphatic hydroxyl groups is 1. The van der Waals surface area contributed by atoms with Gasteiger partial charge >= 0.3 is 0 Å². The molecule has 0 bridgehead atoms. The molecule has 3 heterocycles. The smallest absolute Gasteiger partial charge is 0.270 e. The number of anilines is 1. The monoisotopic (exact) mass is 384 g/mol. The number of amides is 1. The Morgan fingerprint density at radius 3 is 2.75 bits per heavy atom. The molecule has 8 nitrogen and oxygen atoms in total. The molecule has 1 fully saturated rings. The van der Waals surface area contributed by atoms with Crippen molar-refractivity contribution in [3.05, 3.63) is 35.4 Å². The van der Waals surface area contributed by atoms with Gasteiger partial charge < -0.3 is 15.3 Å². The standard InChI is InChI=1S/C20H28N6O2/c1-20(2)10-15(23-18(28)17-4-7-22-25(17)3)14-12-21-19(24-16(14)11-20)26-8-5-13(27)6-9-26/h4,7,12-13,15,27H,5-6,8-11H2,1-3H3,(H,23,28). The number of hydrogen-bond donors (Lipinski definition) is 2. The van der Waals surface area contributed by atoms with Gasteiger partial charge in [0.15, 0.2) is 0 Å². The Bertz CT molecular complexity index is 869. The summed E-state index contributed by atoms with van der Waals surface area (Å²) in [5.74, 6) is 0.586. The van der Waals surface area contributed by atoms with Gasteiger partial charge in [0.2, 0.25) is 5.95 Å². The molecular weight excluding hydrogens is 356 g/mol. The highest BCUT2D eigenvalue weighted by molar-refractivity contribution is 5.92. The van der Waals surface area contributed by atoms with Crippen molar-refractivity contribution >= 4 is 11.9 Å². The molecule has 2 aliphatic rings. The van der Waals surface area contributed by atoms with Gasteiger partial charge in [-0.3, -0.25) is 9.48 Å². The fourth-order valence-corrected chi connectivity index (χ4v) is 4.21. The molecule has 150 valence electrons. The molecule has 1 unspecified atom stereocenters. The zero-order valence-electron chi connectivity index (χ0n) is 16.7. The predicted molar refractivity (Wildman–Crippen MR) is 105 cm³/mol. The first-order chi connectivity index (χ1) is 13.3. The van der Waals surface area contributed by atoms with Crippen LogP contribution in [0.3, 0.4) is 0 Å². The number of fused-ring (bicyclic) bond motifs is 1. The third-order valence-corrected chi connectivity index (χ3v) is 5.77. The van der Waals surface area contributed by atoms with Gasteiger partial charge in [0.25, 0.3) is 5.91 Å². The number of aryl methyl sites for hydroxylation is 1. The number of hydrogen-bond acceptors (Lipinski definition) is 6. The van der Waals surface area contributed by atoms with Crippen LogP contribution in [-0.4, -0.2) is 50.0 Å². The summed E-state index contributed by atoms with van der Waals surface area (Å²) in [6.07, 6.45) is 6.45. The van der Waals surface area contributed by atoms with Gasteiger partial charge in [-0.2, -0.15) is 5.10 Å². The number of carbonyl (C=O) groups excluding carboxylic acids is 1. The molecule has 0 radical (unpaired) electrons. The summed E-state index contributed by atoms with van der Waals surface area (Å²) in [7, 11) is 1.76. The first-order valence-electron chi connectivity index (χ1n) is 9.90. The molecular formula is C20H28N6O2. The van der Waals surface area contributed by atoms with Crippen molar-refractivity contribution in [2.45, 2.75) is 51.7 Å². The van der Waals surface area contributed by atoms with E-state index in [0.29, 0.717) is 5.69 Å². The van der Waals surface area contributed by atoms with Crippen LogP contribution in [0, 0.1) is 5.41 Å². The van der Waals surface area contributed by atoms with Crippen LogP contribution in [0.15, 0.2) is 18.5 Å². The first kappa shape index (κ1) is 18.9. The summed E-state index contributed by atoms with van der Waals surface area (Å²) in [5, 5.41) is 17.0. The summed E-state index contributed by atoms with van der Waals surface area (Å²) in [6.45, 7) is 5.95. The van der Waals surface area contributed by atoms with Crippen molar-refractivity contribution in [2.75, 3.05) is 18.0 Å². The summed E-state index contributed by atoms with van der Waals surface area (Å²) in [5.41, 5.74) is 2.56. The van der Waals surface area contributed by atoms with E-state index in [1.165, 1.54) is 0 Å². The lowest BCUT2D eigenvalue weighted by Gasteiger charge is -2.37. The second kappa shape index (κ2) is 7.16. The number of nitrogens with one attached hydrogen (secondary N) is 1. The zero-order chi connectivity index (χ0) is 19.9. The molecule has 2 aromatic rings. The van der Waals surface area contributed by atoms with Gasteiger partial charge in [-0.15, -0.1) is 0 Å². The van der Waals surface area contributed by atoms with Crippen molar-refractivity contribution in [2.24, 2.45) is 12.5 Å². The largest absolute Gasteiger partial charge is 0.393 e. The average Bonchev–Trinajstić information content (AvgIpc) is 3.07. The van der Waals surface area contributed by atoms with E-state index in [1.54, 1.807) is 24.0 Å². The Morgan fingerprint density at radius 1 is 1.32 bits per heavy atom. The highest BCUT2D eigenvalue weighted by Gasteiger charge is 2.35. The van der Waals surface area contributed by atoms with Crippen LogP contribution in [0.25, 0.3) is 0 Å². The summed E-state index contributed by atoms with van der Waals surface area (Å²) < 4.78 is 1.58. The lowest BCUT2D eigenvalue weighted by molar-refractivity contribution is 0.0909. The maximum Gasteiger partial charge on any atom is 0.270 e. The van der Waals surface area contributed by atoms with Crippen molar-refractivity contribution in [1.82, 2.24) is 25.1 Å². The molecule has 0 saturated carbocycles. The highest BCUT2D eigenvalue weighted by Crippen LogP contribution is 2.40. The molecule has 1 aliphatic heterocycles. The van der Waals surface area contributed by atoms with Crippen LogP contribution in [-0.2, 0) is 13.5 Å². The maximum atomic E-state index is 12.7. The molecule has 2 aromatic heterocycles. The average molecular weight is 384 g/mol. The van der Waals surface area contributed by atoms with Crippen LogP contribution >= 0.6 is 0 Å². The zero-order valence-corrected chi connectivity index (χ0v) is 16.7. The van der Waals surface area contributed by atoms with Crippen molar-refractivity contribution in [3.63, 3.8) is 0 Å².